The lowest BCUT2D eigenvalue weighted by molar-refractivity contribution is -0.151. The van der Waals surface area contributed by atoms with Crippen molar-refractivity contribution in [3.8, 4) is 0 Å². The molecule has 1 heterocycles. The van der Waals surface area contributed by atoms with Gasteiger partial charge in [0.15, 0.2) is 0 Å². The Morgan fingerprint density at radius 1 is 1.40 bits per heavy atom. The van der Waals surface area contributed by atoms with E-state index in [1.54, 1.807) is 13.0 Å². The van der Waals surface area contributed by atoms with Crippen LogP contribution in [0.1, 0.15) is 44.7 Å². The molecule has 3 nitrogen and oxygen atoms in total. The zero-order chi connectivity index (χ0) is 14.8. The van der Waals surface area contributed by atoms with E-state index < -0.39 is 11.4 Å². The summed E-state index contributed by atoms with van der Waals surface area (Å²) in [5.41, 5.74) is 0.0817. The van der Waals surface area contributed by atoms with E-state index in [-0.39, 0.29) is 11.9 Å². The molecule has 0 bridgehead atoms. The van der Waals surface area contributed by atoms with Crippen molar-refractivity contribution in [1.82, 2.24) is 4.90 Å². The predicted molar refractivity (Wildman–Crippen MR) is 76.0 cm³/mol. The van der Waals surface area contributed by atoms with Gasteiger partial charge in [-0.1, -0.05) is 25.1 Å². The van der Waals surface area contributed by atoms with E-state index in [4.69, 9.17) is 0 Å². The predicted octanol–water partition coefficient (Wildman–Crippen LogP) is 3.46. The first kappa shape index (κ1) is 15.0. The minimum absolute atomic E-state index is 0.0366. The molecule has 1 saturated heterocycles. The average Bonchev–Trinajstić information content (AvgIpc) is 2.43. The number of nitrogens with zero attached hydrogens (tertiary/aromatic N) is 1. The molecule has 0 amide bonds. The summed E-state index contributed by atoms with van der Waals surface area (Å²) < 4.78 is 13.9. The van der Waals surface area contributed by atoms with Gasteiger partial charge < -0.3 is 5.11 Å². The second-order valence-corrected chi connectivity index (χ2v) is 5.85. The van der Waals surface area contributed by atoms with Gasteiger partial charge in [-0.05, 0) is 45.3 Å². The quantitative estimate of drug-likeness (QED) is 0.917. The number of aliphatic carboxylic acids is 1. The number of piperidine rings is 1. The summed E-state index contributed by atoms with van der Waals surface area (Å²) in [5.74, 6) is -0.901. The van der Waals surface area contributed by atoms with Gasteiger partial charge in [-0.3, -0.25) is 9.69 Å². The summed E-state index contributed by atoms with van der Waals surface area (Å²) in [6.45, 7) is 5.25. The van der Waals surface area contributed by atoms with E-state index >= 15 is 0 Å². The number of carboxylic acids is 1. The second kappa shape index (κ2) is 5.92. The third-order valence-electron chi connectivity index (χ3n) is 4.51. The zero-order valence-corrected chi connectivity index (χ0v) is 12.1. The molecule has 110 valence electrons. The minimum atomic E-state index is -0.726. The van der Waals surface area contributed by atoms with Crippen LogP contribution in [0.25, 0.3) is 0 Å². The lowest BCUT2D eigenvalue weighted by Gasteiger charge is -2.40. The van der Waals surface area contributed by atoms with Crippen LogP contribution in [0.5, 0.6) is 0 Å². The van der Waals surface area contributed by atoms with Gasteiger partial charge in [0.1, 0.15) is 5.82 Å². The number of hydrogen-bond acceptors (Lipinski definition) is 2. The van der Waals surface area contributed by atoms with Gasteiger partial charge in [-0.25, -0.2) is 4.39 Å². The minimum Gasteiger partial charge on any atom is -0.481 e. The molecule has 1 aromatic rings. The van der Waals surface area contributed by atoms with Crippen molar-refractivity contribution >= 4 is 5.97 Å². The number of halogens is 1. The first-order valence-electron chi connectivity index (χ1n) is 7.20. The normalized spacial score (nSPS) is 20.6. The summed E-state index contributed by atoms with van der Waals surface area (Å²) in [6.07, 6.45) is 2.06. The van der Waals surface area contributed by atoms with Crippen LogP contribution in [-0.2, 0) is 4.79 Å². The second-order valence-electron chi connectivity index (χ2n) is 5.85. The molecule has 1 unspecified atom stereocenters. The molecule has 1 atom stereocenters. The van der Waals surface area contributed by atoms with Crippen LogP contribution in [0.3, 0.4) is 0 Å². The van der Waals surface area contributed by atoms with E-state index in [9.17, 15) is 14.3 Å². The lowest BCUT2D eigenvalue weighted by Crippen LogP contribution is -2.44. The van der Waals surface area contributed by atoms with E-state index in [0.29, 0.717) is 31.5 Å². The van der Waals surface area contributed by atoms with E-state index in [1.165, 1.54) is 6.07 Å². The summed E-state index contributed by atoms with van der Waals surface area (Å²) in [4.78, 5) is 13.5. The van der Waals surface area contributed by atoms with E-state index in [0.717, 1.165) is 6.42 Å². The number of carbonyl (C=O) groups is 1. The third-order valence-corrected chi connectivity index (χ3v) is 4.51. The summed E-state index contributed by atoms with van der Waals surface area (Å²) in [6, 6.07) is 6.91. The molecule has 0 aliphatic carbocycles. The van der Waals surface area contributed by atoms with Crippen molar-refractivity contribution < 1.29 is 14.3 Å². The third kappa shape index (κ3) is 2.85. The van der Waals surface area contributed by atoms with Crippen LogP contribution in [0, 0.1) is 11.2 Å². The standard InChI is InChI=1S/C16H22FNO2/c1-3-14(12-6-4-5-7-13(12)17)18-10-8-16(2,9-11-18)15(19)20/h4-7,14H,3,8-11H2,1-2H3,(H,19,20). The maximum Gasteiger partial charge on any atom is 0.309 e. The van der Waals surface area contributed by atoms with Gasteiger partial charge >= 0.3 is 5.97 Å². The van der Waals surface area contributed by atoms with E-state index in [1.807, 2.05) is 19.1 Å². The molecule has 2 rings (SSSR count). The van der Waals surface area contributed by atoms with Gasteiger partial charge in [-0.2, -0.15) is 0 Å². The smallest absolute Gasteiger partial charge is 0.309 e. The fraction of sp³-hybridized carbons (Fsp3) is 0.562. The highest BCUT2D eigenvalue weighted by molar-refractivity contribution is 5.74. The summed E-state index contributed by atoms with van der Waals surface area (Å²) in [7, 11) is 0. The fourth-order valence-electron chi connectivity index (χ4n) is 2.96. The molecule has 0 aromatic heterocycles. The lowest BCUT2D eigenvalue weighted by atomic mass is 9.80. The van der Waals surface area contributed by atoms with E-state index in [2.05, 4.69) is 4.90 Å². The first-order chi connectivity index (χ1) is 9.48. The Bertz CT molecular complexity index is 481. The highest BCUT2D eigenvalue weighted by Gasteiger charge is 2.38. The maximum atomic E-state index is 13.9. The molecule has 1 aliphatic heterocycles. The van der Waals surface area contributed by atoms with Gasteiger partial charge in [-0.15, -0.1) is 0 Å². The van der Waals surface area contributed by atoms with Crippen molar-refractivity contribution in [2.24, 2.45) is 5.41 Å². The summed E-state index contributed by atoms with van der Waals surface area (Å²) in [5, 5.41) is 9.26. The van der Waals surface area contributed by atoms with Crippen molar-refractivity contribution in [3.05, 3.63) is 35.6 Å². The molecule has 1 aliphatic rings. The first-order valence-corrected chi connectivity index (χ1v) is 7.20. The SMILES string of the molecule is CCC(c1ccccc1F)N1CCC(C)(C(=O)O)CC1. The topological polar surface area (TPSA) is 40.5 Å². The molecule has 0 saturated carbocycles. The number of likely N-dealkylation sites (tertiary alicyclic amines) is 1. The zero-order valence-electron chi connectivity index (χ0n) is 12.1. The number of rotatable bonds is 4. The Morgan fingerprint density at radius 3 is 2.50 bits per heavy atom. The molecule has 0 radical (unpaired) electrons. The molecule has 20 heavy (non-hydrogen) atoms. The monoisotopic (exact) mass is 279 g/mol. The highest BCUT2D eigenvalue weighted by Crippen LogP contribution is 2.36. The molecule has 4 heteroatoms. The number of hydrogen-bond donors (Lipinski definition) is 1. The van der Waals surface area contributed by atoms with Crippen LogP contribution >= 0.6 is 0 Å². The fourth-order valence-corrected chi connectivity index (χ4v) is 2.96. The number of carboxylic acid groups (broad SMARTS) is 1. The van der Waals surface area contributed by atoms with Crippen LogP contribution in [-0.4, -0.2) is 29.1 Å². The molecule has 0 spiro atoms. The van der Waals surface area contributed by atoms with Gasteiger partial charge in [0, 0.05) is 11.6 Å². The van der Waals surface area contributed by atoms with Crippen LogP contribution in [0.4, 0.5) is 4.39 Å². The van der Waals surface area contributed by atoms with Crippen molar-refractivity contribution in [2.75, 3.05) is 13.1 Å². The van der Waals surface area contributed by atoms with Gasteiger partial charge in [0.25, 0.3) is 0 Å². The van der Waals surface area contributed by atoms with Crippen molar-refractivity contribution in [1.29, 1.82) is 0 Å². The molecule has 1 N–H and O–H groups in total. The van der Waals surface area contributed by atoms with Crippen LogP contribution in [0.2, 0.25) is 0 Å². The maximum absolute atomic E-state index is 13.9. The van der Waals surface area contributed by atoms with Gasteiger partial charge in [0.05, 0.1) is 5.41 Å². The molecule has 1 fully saturated rings. The highest BCUT2D eigenvalue weighted by atomic mass is 19.1. The molecular weight excluding hydrogens is 257 g/mol. The van der Waals surface area contributed by atoms with Crippen molar-refractivity contribution in [3.63, 3.8) is 0 Å². The Labute approximate surface area is 119 Å². The Morgan fingerprint density at radius 2 is 2.00 bits per heavy atom. The van der Waals surface area contributed by atoms with Crippen molar-refractivity contribution in [2.45, 2.75) is 39.2 Å². The molecule has 1 aromatic carbocycles. The average molecular weight is 279 g/mol. The Hall–Kier alpha value is -1.42. The number of benzene rings is 1. The van der Waals surface area contributed by atoms with Crippen LogP contribution < -0.4 is 0 Å². The summed E-state index contributed by atoms with van der Waals surface area (Å²) >= 11 is 0. The largest absolute Gasteiger partial charge is 0.481 e. The Balaban J connectivity index is 2.12. The van der Waals surface area contributed by atoms with Crippen LogP contribution in [0.15, 0.2) is 24.3 Å². The molecular formula is C16H22FNO2. The Kier molecular flexibility index (Phi) is 4.43. The van der Waals surface area contributed by atoms with Gasteiger partial charge in [0.2, 0.25) is 0 Å².